The van der Waals surface area contributed by atoms with E-state index in [0.29, 0.717) is 21.6 Å². The number of carbonyl (C=O) groups is 2. The van der Waals surface area contributed by atoms with Gasteiger partial charge in [-0.25, -0.2) is 9.59 Å². The molecule has 0 heterocycles. The van der Waals surface area contributed by atoms with Gasteiger partial charge in [-0.1, -0.05) is 80.3 Å². The summed E-state index contributed by atoms with van der Waals surface area (Å²) in [6.07, 6.45) is 0. The van der Waals surface area contributed by atoms with Crippen LogP contribution >= 0.6 is 35.3 Å². The van der Waals surface area contributed by atoms with Gasteiger partial charge in [0.1, 0.15) is 10.7 Å². The van der Waals surface area contributed by atoms with Gasteiger partial charge in [-0.3, -0.25) is 0 Å². The normalized spacial score (nSPS) is 15.7. The minimum Gasteiger partial charge on any atom is -0.460 e. The lowest BCUT2D eigenvalue weighted by Crippen LogP contribution is -2.42. The van der Waals surface area contributed by atoms with Crippen molar-refractivity contribution in [3.63, 3.8) is 0 Å². The van der Waals surface area contributed by atoms with E-state index < -0.39 is 21.5 Å². The van der Waals surface area contributed by atoms with Crippen LogP contribution in [0.2, 0.25) is 0 Å². The third-order valence-electron chi connectivity index (χ3n) is 4.31. The van der Waals surface area contributed by atoms with Crippen LogP contribution < -0.4 is 0 Å². The van der Waals surface area contributed by atoms with E-state index in [0.717, 1.165) is 0 Å². The van der Waals surface area contributed by atoms with Crippen LogP contribution in [0.4, 0.5) is 0 Å². The van der Waals surface area contributed by atoms with Crippen molar-refractivity contribution in [2.75, 3.05) is 6.61 Å². The lowest BCUT2D eigenvalue weighted by Gasteiger charge is -2.42. The number of carbonyl (C=O) groups excluding carboxylic acids is 2. The summed E-state index contributed by atoms with van der Waals surface area (Å²) < 4.78 is 11.2. The third kappa shape index (κ3) is 10.8. The fraction of sp³-hybridized carbons (Fsp3) is 0.750. The van der Waals surface area contributed by atoms with Gasteiger partial charge in [0.05, 0.1) is 5.25 Å². The molecule has 3 atom stereocenters. The van der Waals surface area contributed by atoms with Crippen molar-refractivity contribution in [3.05, 3.63) is 24.3 Å². The molecule has 0 spiro atoms. The van der Waals surface area contributed by atoms with Crippen LogP contribution in [-0.2, 0) is 19.1 Å². The zero-order valence-corrected chi connectivity index (χ0v) is 23.4. The van der Waals surface area contributed by atoms with Crippen LogP contribution in [0, 0.1) is 11.8 Å². The highest BCUT2D eigenvalue weighted by Gasteiger charge is 2.44. The van der Waals surface area contributed by atoms with Gasteiger partial charge in [0.2, 0.25) is 0 Å². The Bertz CT molecular complexity index is 628. The smallest absolute Gasteiger partial charge is 0.334 e. The number of thioether (sulfide) groups is 3. The van der Waals surface area contributed by atoms with Gasteiger partial charge in [-0.15, -0.1) is 11.8 Å². The first-order chi connectivity index (χ1) is 14.1. The Hall–Kier alpha value is -0.530. The number of esters is 2. The summed E-state index contributed by atoms with van der Waals surface area (Å²) >= 11 is 5.17. The summed E-state index contributed by atoms with van der Waals surface area (Å²) in [4.78, 5) is 24.7. The van der Waals surface area contributed by atoms with Gasteiger partial charge in [0.25, 0.3) is 0 Å². The quantitative estimate of drug-likeness (QED) is 0.148. The molecule has 0 aromatic carbocycles. The second kappa shape index (κ2) is 13.9. The lowest BCUT2D eigenvalue weighted by molar-refractivity contribution is -0.141. The predicted molar refractivity (Wildman–Crippen MR) is 140 cm³/mol. The van der Waals surface area contributed by atoms with Crippen LogP contribution in [0.5, 0.6) is 0 Å². The topological polar surface area (TPSA) is 52.6 Å². The van der Waals surface area contributed by atoms with Crippen LogP contribution in [0.1, 0.15) is 69.2 Å². The number of rotatable bonds is 14. The Labute approximate surface area is 203 Å². The average molecular weight is 491 g/mol. The molecule has 0 aromatic heterocycles. The third-order valence-corrected chi connectivity index (χ3v) is 9.78. The van der Waals surface area contributed by atoms with Gasteiger partial charge in [0, 0.05) is 16.4 Å². The molecule has 180 valence electrons. The van der Waals surface area contributed by atoms with E-state index in [1.165, 1.54) is 0 Å². The van der Waals surface area contributed by atoms with Crippen molar-refractivity contribution in [1.29, 1.82) is 0 Å². The molecule has 0 aliphatic rings. The molecule has 0 rings (SSSR count). The van der Waals surface area contributed by atoms with Crippen molar-refractivity contribution in [2.24, 2.45) is 11.8 Å². The van der Waals surface area contributed by atoms with Gasteiger partial charge in [-0.2, -0.15) is 11.8 Å². The van der Waals surface area contributed by atoms with E-state index in [1.807, 2.05) is 11.8 Å². The Balaban J connectivity index is 6.21. The van der Waals surface area contributed by atoms with Crippen LogP contribution in [0.3, 0.4) is 0 Å². The maximum absolute atomic E-state index is 12.6. The number of ether oxygens (including phenoxy) is 2. The first-order valence-electron chi connectivity index (χ1n) is 10.8. The first-order valence-corrected chi connectivity index (χ1v) is 13.5. The minimum atomic E-state index is -0.482. The maximum atomic E-state index is 12.6. The summed E-state index contributed by atoms with van der Waals surface area (Å²) in [5.41, 5.74) is 0.342. The van der Waals surface area contributed by atoms with Crippen molar-refractivity contribution in [2.45, 2.75) is 94.5 Å². The SMILES string of the molecule is C=C(C)C(=O)OCC(SC(C)C)(SC(OC(=O)C(=C)C)C(SC(C)C)C(C)C)C(C)C. The molecule has 0 radical (unpaired) electrons. The van der Waals surface area contributed by atoms with Gasteiger partial charge >= 0.3 is 11.9 Å². The Kier molecular flexibility index (Phi) is 13.7. The highest BCUT2D eigenvalue weighted by Crippen LogP contribution is 2.50. The monoisotopic (exact) mass is 490 g/mol. The Morgan fingerprint density at radius 2 is 1.35 bits per heavy atom. The molecule has 0 amide bonds. The molecule has 7 heteroatoms. The molecule has 0 saturated heterocycles. The van der Waals surface area contributed by atoms with E-state index in [2.05, 4.69) is 68.5 Å². The molecule has 0 aliphatic heterocycles. The van der Waals surface area contributed by atoms with E-state index in [9.17, 15) is 9.59 Å². The fourth-order valence-corrected chi connectivity index (χ4v) is 7.78. The summed E-state index contributed by atoms with van der Waals surface area (Å²) in [6, 6.07) is 0. The van der Waals surface area contributed by atoms with E-state index in [-0.39, 0.29) is 23.7 Å². The Morgan fingerprint density at radius 1 is 0.839 bits per heavy atom. The Morgan fingerprint density at radius 3 is 1.71 bits per heavy atom. The summed E-state index contributed by atoms with van der Waals surface area (Å²) in [6.45, 7) is 28.1. The summed E-state index contributed by atoms with van der Waals surface area (Å²) in [7, 11) is 0. The first kappa shape index (κ1) is 30.5. The van der Waals surface area contributed by atoms with E-state index in [1.54, 1.807) is 37.4 Å². The molecule has 0 N–H and O–H groups in total. The van der Waals surface area contributed by atoms with Crippen LogP contribution in [-0.4, -0.2) is 43.8 Å². The molecule has 0 fully saturated rings. The van der Waals surface area contributed by atoms with E-state index >= 15 is 0 Å². The molecule has 3 unspecified atom stereocenters. The van der Waals surface area contributed by atoms with Gasteiger partial charge in [0.15, 0.2) is 5.44 Å². The summed E-state index contributed by atoms with van der Waals surface area (Å²) in [5, 5.41) is 0.758. The van der Waals surface area contributed by atoms with Crippen LogP contribution in [0.15, 0.2) is 24.3 Å². The summed E-state index contributed by atoms with van der Waals surface area (Å²) in [5.74, 6) is -0.346. The molecule has 0 aliphatic carbocycles. The average Bonchev–Trinajstić information content (AvgIpc) is 2.61. The maximum Gasteiger partial charge on any atom is 0.334 e. The zero-order valence-electron chi connectivity index (χ0n) is 20.9. The standard InChI is InChI=1S/C24H42O4S3/c1-14(2)20(29-18(9)10)23(28-22(26)16(5)6)31-24(17(7)8,30-19(11)12)13-27-21(25)15(3)4/h14,17-20,23H,3,5,13H2,1-2,4,6-12H3. The zero-order chi connectivity index (χ0) is 24.5. The second-order valence-corrected chi connectivity index (χ2v) is 14.4. The molecule has 0 bridgehead atoms. The molecular weight excluding hydrogens is 448 g/mol. The van der Waals surface area contributed by atoms with Gasteiger partial charge in [-0.05, 0) is 30.9 Å². The van der Waals surface area contributed by atoms with Crippen molar-refractivity contribution in [3.8, 4) is 0 Å². The second-order valence-electron chi connectivity index (χ2n) is 9.05. The number of hydrogen-bond acceptors (Lipinski definition) is 7. The van der Waals surface area contributed by atoms with E-state index in [4.69, 9.17) is 9.47 Å². The molecule has 0 saturated carbocycles. The fourth-order valence-electron chi connectivity index (χ4n) is 2.63. The highest BCUT2D eigenvalue weighted by molar-refractivity contribution is 8.19. The van der Waals surface area contributed by atoms with Crippen LogP contribution in [0.25, 0.3) is 0 Å². The molecule has 4 nitrogen and oxygen atoms in total. The predicted octanol–water partition coefficient (Wildman–Crippen LogP) is 6.94. The largest absolute Gasteiger partial charge is 0.460 e. The van der Waals surface area contributed by atoms with Crippen molar-refractivity contribution >= 4 is 47.2 Å². The lowest BCUT2D eigenvalue weighted by atomic mass is 10.1. The van der Waals surface area contributed by atoms with Gasteiger partial charge < -0.3 is 9.47 Å². The molecule has 0 aromatic rings. The number of hydrogen-bond donors (Lipinski definition) is 0. The minimum absolute atomic E-state index is 0.0797. The van der Waals surface area contributed by atoms with Crippen molar-refractivity contribution < 1.29 is 19.1 Å². The van der Waals surface area contributed by atoms with Crippen molar-refractivity contribution in [1.82, 2.24) is 0 Å². The molecular formula is C24H42O4S3. The highest BCUT2D eigenvalue weighted by atomic mass is 32.2. The molecule has 31 heavy (non-hydrogen) atoms.